The fourth-order valence-electron chi connectivity index (χ4n) is 3.76. The number of rotatable bonds is 8. The van der Waals surface area contributed by atoms with Gasteiger partial charge in [0.15, 0.2) is 5.65 Å². The molecule has 2 heterocycles. The number of carbonyl (C=O) groups is 1. The summed E-state index contributed by atoms with van der Waals surface area (Å²) in [6.07, 6.45) is 2.97. The lowest BCUT2D eigenvalue weighted by atomic mass is 10.2. The summed E-state index contributed by atoms with van der Waals surface area (Å²) in [6, 6.07) is 16.6. The summed E-state index contributed by atoms with van der Waals surface area (Å²) in [5.41, 5.74) is 4.54. The zero-order valence-electron chi connectivity index (χ0n) is 19.6. The maximum Gasteiger partial charge on any atom is 0.323 e. The summed E-state index contributed by atoms with van der Waals surface area (Å²) in [7, 11) is 1.66. The Labute approximate surface area is 204 Å². The van der Waals surface area contributed by atoms with E-state index in [9.17, 15) is 4.79 Å². The van der Waals surface area contributed by atoms with E-state index in [1.165, 1.54) is 0 Å². The Bertz CT molecular complexity index is 1300. The molecule has 4 rings (SSSR count). The highest BCUT2D eigenvalue weighted by Gasteiger charge is 2.16. The largest absolute Gasteiger partial charge is 0.497 e. The molecule has 2 aromatic carbocycles. The van der Waals surface area contributed by atoms with Crippen LogP contribution in [0, 0.1) is 6.92 Å². The molecule has 0 saturated carbocycles. The van der Waals surface area contributed by atoms with E-state index in [4.69, 9.17) is 26.3 Å². The van der Waals surface area contributed by atoms with Gasteiger partial charge in [-0.2, -0.15) is 0 Å². The number of urea groups is 1. The first kappa shape index (κ1) is 23.6. The Hall–Kier alpha value is -3.58. The summed E-state index contributed by atoms with van der Waals surface area (Å²) in [5.74, 6) is 1.81. The molecule has 7 nitrogen and oxygen atoms in total. The van der Waals surface area contributed by atoms with Crippen LogP contribution >= 0.6 is 11.6 Å². The van der Waals surface area contributed by atoms with E-state index in [2.05, 4.69) is 34.3 Å². The second-order valence-electron chi connectivity index (χ2n) is 8.09. The average Bonchev–Trinajstić information content (AvgIpc) is 3.15. The van der Waals surface area contributed by atoms with E-state index < -0.39 is 0 Å². The van der Waals surface area contributed by atoms with E-state index in [1.54, 1.807) is 19.2 Å². The van der Waals surface area contributed by atoms with Crippen LogP contribution < -0.4 is 15.4 Å². The highest BCUT2D eigenvalue weighted by Crippen LogP contribution is 2.25. The van der Waals surface area contributed by atoms with Crippen LogP contribution in [0.4, 0.5) is 16.2 Å². The zero-order valence-corrected chi connectivity index (χ0v) is 20.3. The maximum atomic E-state index is 12.6. The number of halogens is 1. The van der Waals surface area contributed by atoms with Crippen LogP contribution in [0.15, 0.2) is 54.6 Å². The van der Waals surface area contributed by atoms with Crippen molar-refractivity contribution >= 4 is 40.2 Å². The number of anilines is 2. The van der Waals surface area contributed by atoms with Crippen molar-refractivity contribution in [2.75, 3.05) is 17.7 Å². The van der Waals surface area contributed by atoms with Crippen molar-refractivity contribution in [1.29, 1.82) is 0 Å². The molecule has 0 radical (unpaired) electrons. The minimum atomic E-state index is -0.388. The lowest BCUT2D eigenvalue weighted by Crippen LogP contribution is -2.20. The number of hydrogen-bond donors (Lipinski definition) is 2. The molecule has 34 heavy (non-hydrogen) atoms. The third-order valence-electron chi connectivity index (χ3n) is 5.61. The topological polar surface area (TPSA) is 81.1 Å². The zero-order chi connectivity index (χ0) is 24.1. The minimum Gasteiger partial charge on any atom is -0.497 e. The van der Waals surface area contributed by atoms with Crippen LogP contribution in [-0.4, -0.2) is 27.7 Å². The first-order valence-corrected chi connectivity index (χ1v) is 11.7. The molecule has 0 fully saturated rings. The molecule has 0 aliphatic rings. The van der Waals surface area contributed by atoms with Crippen molar-refractivity contribution < 1.29 is 9.53 Å². The summed E-state index contributed by atoms with van der Waals surface area (Å²) in [4.78, 5) is 22.3. The van der Waals surface area contributed by atoms with Crippen molar-refractivity contribution in [3.63, 3.8) is 0 Å². The van der Waals surface area contributed by atoms with E-state index in [0.29, 0.717) is 28.6 Å². The van der Waals surface area contributed by atoms with Crippen molar-refractivity contribution in [2.45, 2.75) is 39.7 Å². The quantitative estimate of drug-likeness (QED) is 0.306. The molecule has 0 aliphatic heterocycles. The number of ether oxygens (including phenoxy) is 1. The molecule has 0 saturated heterocycles. The summed E-state index contributed by atoms with van der Waals surface area (Å²) < 4.78 is 7.44. The van der Waals surface area contributed by atoms with Gasteiger partial charge in [-0.15, -0.1) is 0 Å². The van der Waals surface area contributed by atoms with Crippen LogP contribution in [0.3, 0.4) is 0 Å². The molecule has 0 spiro atoms. The molecule has 0 bridgehead atoms. The number of amides is 2. The van der Waals surface area contributed by atoms with Crippen molar-refractivity contribution in [3.8, 4) is 5.75 Å². The predicted octanol–water partition coefficient (Wildman–Crippen LogP) is 6.44. The van der Waals surface area contributed by atoms with Gasteiger partial charge in [0.25, 0.3) is 0 Å². The second-order valence-corrected chi connectivity index (χ2v) is 8.50. The second kappa shape index (κ2) is 10.6. The number of methoxy groups -OCH3 is 1. The fraction of sp³-hybridized carbons (Fsp3) is 0.269. The number of nitrogens with zero attached hydrogens (tertiary/aromatic N) is 3. The molecule has 8 heteroatoms. The van der Waals surface area contributed by atoms with Crippen LogP contribution in [0.2, 0.25) is 5.02 Å². The monoisotopic (exact) mass is 477 g/mol. The third-order valence-corrected chi connectivity index (χ3v) is 5.94. The molecule has 0 aliphatic carbocycles. The molecule has 176 valence electrons. The van der Waals surface area contributed by atoms with Crippen molar-refractivity contribution in [2.24, 2.45) is 0 Å². The first-order valence-electron chi connectivity index (χ1n) is 11.3. The van der Waals surface area contributed by atoms with Gasteiger partial charge in [0.05, 0.1) is 35.7 Å². The van der Waals surface area contributed by atoms with Gasteiger partial charge < -0.3 is 19.9 Å². The van der Waals surface area contributed by atoms with Crippen molar-refractivity contribution in [3.05, 3.63) is 76.7 Å². The van der Waals surface area contributed by atoms with E-state index in [1.807, 2.05) is 37.3 Å². The maximum absolute atomic E-state index is 12.6. The summed E-state index contributed by atoms with van der Waals surface area (Å²) >= 11 is 6.15. The Morgan fingerprint density at radius 2 is 1.79 bits per heavy atom. The normalized spacial score (nSPS) is 10.9. The van der Waals surface area contributed by atoms with Gasteiger partial charge in [0, 0.05) is 6.42 Å². The molecule has 2 amide bonds. The van der Waals surface area contributed by atoms with Gasteiger partial charge in [0.1, 0.15) is 17.1 Å². The molecule has 2 aromatic heterocycles. The Kier molecular flexibility index (Phi) is 7.33. The minimum absolute atomic E-state index is 0.388. The van der Waals surface area contributed by atoms with Crippen LogP contribution in [-0.2, 0) is 13.0 Å². The highest BCUT2D eigenvalue weighted by atomic mass is 35.5. The predicted molar refractivity (Wildman–Crippen MR) is 137 cm³/mol. The van der Waals surface area contributed by atoms with Gasteiger partial charge in [-0.05, 0) is 49.2 Å². The number of hydrogen-bond acceptors (Lipinski definition) is 4. The first-order chi connectivity index (χ1) is 16.5. The summed E-state index contributed by atoms with van der Waals surface area (Å²) in [5, 5.41) is 6.13. The molecule has 0 unspecified atom stereocenters. The Morgan fingerprint density at radius 1 is 1.06 bits per heavy atom. The molecule has 0 atom stereocenters. The smallest absolute Gasteiger partial charge is 0.323 e. The lowest BCUT2D eigenvalue weighted by Gasteiger charge is -2.12. The van der Waals surface area contributed by atoms with Gasteiger partial charge >= 0.3 is 6.03 Å². The SMILES string of the molecule is CCCCc1nc2cc(NC(=O)Nc3ccccc3Cl)c(C)nc2n1Cc1ccc(OC)cc1. The molecule has 2 N–H and O–H groups in total. The van der Waals surface area contributed by atoms with Crippen LogP contribution in [0.25, 0.3) is 11.2 Å². The van der Waals surface area contributed by atoms with E-state index in [-0.39, 0.29) is 6.03 Å². The van der Waals surface area contributed by atoms with E-state index >= 15 is 0 Å². The Balaban J connectivity index is 1.63. The number of para-hydroxylation sites is 1. The Morgan fingerprint density at radius 3 is 2.50 bits per heavy atom. The number of aryl methyl sites for hydroxylation is 2. The summed E-state index contributed by atoms with van der Waals surface area (Å²) in [6.45, 7) is 4.70. The fourth-order valence-corrected chi connectivity index (χ4v) is 3.94. The number of imidazole rings is 1. The average molecular weight is 478 g/mol. The standard InChI is InChI=1S/C26H28ClN5O2/c1-4-5-10-24-29-23-15-22(31-26(33)30-21-9-7-6-8-20(21)27)17(2)28-25(23)32(24)16-18-11-13-19(34-3)14-12-18/h6-9,11-15H,4-5,10,16H2,1-3H3,(H2,30,31,33). The number of unbranched alkanes of at least 4 members (excludes halogenated alkanes) is 1. The van der Waals surface area contributed by atoms with Gasteiger partial charge in [-0.1, -0.05) is 49.2 Å². The third kappa shape index (κ3) is 5.31. The number of nitrogens with one attached hydrogen (secondary N) is 2. The number of pyridine rings is 1. The number of aromatic nitrogens is 3. The molecular weight excluding hydrogens is 450 g/mol. The van der Waals surface area contributed by atoms with Gasteiger partial charge in [-0.25, -0.2) is 14.8 Å². The molecule has 4 aromatic rings. The van der Waals surface area contributed by atoms with Gasteiger partial charge in [-0.3, -0.25) is 0 Å². The number of carbonyl (C=O) groups excluding carboxylic acids is 1. The molecular formula is C26H28ClN5O2. The number of fused-ring (bicyclic) bond motifs is 1. The number of benzene rings is 2. The van der Waals surface area contributed by atoms with Crippen LogP contribution in [0.1, 0.15) is 36.8 Å². The van der Waals surface area contributed by atoms with Crippen molar-refractivity contribution in [1.82, 2.24) is 14.5 Å². The van der Waals surface area contributed by atoms with E-state index in [0.717, 1.165) is 47.6 Å². The van der Waals surface area contributed by atoms with Gasteiger partial charge in [0.2, 0.25) is 0 Å². The van der Waals surface area contributed by atoms with Crippen LogP contribution in [0.5, 0.6) is 5.75 Å². The lowest BCUT2D eigenvalue weighted by molar-refractivity contribution is 0.262. The highest BCUT2D eigenvalue weighted by molar-refractivity contribution is 6.33.